The van der Waals surface area contributed by atoms with Crippen molar-refractivity contribution in [1.29, 1.82) is 0 Å². The third kappa shape index (κ3) is 4.19. The van der Waals surface area contributed by atoms with Gasteiger partial charge in [0.25, 0.3) is 0 Å². The average molecular weight is 255 g/mol. The second-order valence-electron chi connectivity index (χ2n) is 3.82. The number of Topliss-reactive ketones (excluding diaryl/α,β-unsaturated/α-hetero) is 1. The van der Waals surface area contributed by atoms with Crippen LogP contribution in [0, 0.1) is 6.92 Å². The zero-order chi connectivity index (χ0) is 12.8. The second kappa shape index (κ2) is 6.40. The zero-order valence-electron chi connectivity index (χ0n) is 9.96. The summed E-state index contributed by atoms with van der Waals surface area (Å²) in [5.74, 6) is -0.265. The predicted octanol–water partition coefficient (Wildman–Crippen LogP) is 3.17. The molecule has 3 nitrogen and oxygen atoms in total. The summed E-state index contributed by atoms with van der Waals surface area (Å²) in [4.78, 5) is 22.7. The van der Waals surface area contributed by atoms with Crippen molar-refractivity contribution in [2.75, 3.05) is 7.11 Å². The molecular weight excluding hydrogens is 240 g/mol. The Balaban J connectivity index is 2.52. The number of esters is 1. The molecule has 1 aromatic rings. The molecule has 92 valence electrons. The Morgan fingerprint density at radius 1 is 1.29 bits per heavy atom. The number of carbonyl (C=O) groups is 2. The lowest BCUT2D eigenvalue weighted by Crippen LogP contribution is -2.04. The Morgan fingerprint density at radius 2 is 2.00 bits per heavy atom. The average Bonchev–Trinajstić information content (AvgIpc) is 2.32. The third-order valence-electron chi connectivity index (χ3n) is 2.49. The van der Waals surface area contributed by atoms with Crippen LogP contribution in [-0.2, 0) is 9.53 Å². The maximum Gasteiger partial charge on any atom is 0.305 e. The van der Waals surface area contributed by atoms with E-state index in [4.69, 9.17) is 11.6 Å². The Bertz CT molecular complexity index is 427. The first kappa shape index (κ1) is 13.7. The van der Waals surface area contributed by atoms with Gasteiger partial charge in [-0.2, -0.15) is 0 Å². The van der Waals surface area contributed by atoms with Gasteiger partial charge in [0, 0.05) is 23.4 Å². The van der Waals surface area contributed by atoms with Crippen molar-refractivity contribution in [3.63, 3.8) is 0 Å². The summed E-state index contributed by atoms with van der Waals surface area (Å²) in [6, 6.07) is 5.18. The summed E-state index contributed by atoms with van der Waals surface area (Å²) in [7, 11) is 1.34. The van der Waals surface area contributed by atoms with Gasteiger partial charge in [-0.1, -0.05) is 11.6 Å². The van der Waals surface area contributed by atoms with Gasteiger partial charge in [-0.15, -0.1) is 0 Å². The number of hydrogen-bond donors (Lipinski definition) is 0. The highest BCUT2D eigenvalue weighted by molar-refractivity contribution is 6.31. The second-order valence-corrected chi connectivity index (χ2v) is 4.22. The lowest BCUT2D eigenvalue weighted by molar-refractivity contribution is -0.140. The highest BCUT2D eigenvalue weighted by atomic mass is 35.5. The van der Waals surface area contributed by atoms with Crippen LogP contribution in [0.4, 0.5) is 0 Å². The van der Waals surface area contributed by atoms with E-state index in [0.717, 1.165) is 5.56 Å². The van der Waals surface area contributed by atoms with Crippen LogP contribution in [0.3, 0.4) is 0 Å². The van der Waals surface area contributed by atoms with Gasteiger partial charge >= 0.3 is 5.97 Å². The minimum atomic E-state index is -0.287. The molecule has 0 saturated carbocycles. The molecule has 4 heteroatoms. The molecule has 0 atom stereocenters. The van der Waals surface area contributed by atoms with E-state index in [1.165, 1.54) is 7.11 Å². The summed E-state index contributed by atoms with van der Waals surface area (Å²) in [6.07, 6.45) is 1.12. The summed E-state index contributed by atoms with van der Waals surface area (Å²) in [6.45, 7) is 1.85. The van der Waals surface area contributed by atoms with Crippen LogP contribution in [0.2, 0.25) is 5.02 Å². The first-order valence-corrected chi connectivity index (χ1v) is 5.78. The largest absolute Gasteiger partial charge is 0.469 e. The lowest BCUT2D eigenvalue weighted by atomic mass is 10.0. The highest BCUT2D eigenvalue weighted by Gasteiger charge is 2.08. The van der Waals surface area contributed by atoms with Crippen LogP contribution in [0.15, 0.2) is 18.2 Å². The molecule has 0 amide bonds. The number of rotatable bonds is 5. The van der Waals surface area contributed by atoms with Crippen molar-refractivity contribution in [2.24, 2.45) is 0 Å². The minimum absolute atomic E-state index is 0.0219. The van der Waals surface area contributed by atoms with E-state index in [9.17, 15) is 9.59 Å². The number of ketones is 1. The fourth-order valence-corrected chi connectivity index (χ4v) is 1.58. The van der Waals surface area contributed by atoms with Gasteiger partial charge in [0.15, 0.2) is 5.78 Å². The standard InChI is InChI=1S/C13H15ClO3/c1-9-8-10(6-7-11(9)14)12(15)4-3-5-13(16)17-2/h6-8H,3-5H2,1-2H3. The van der Waals surface area contributed by atoms with Crippen LogP contribution < -0.4 is 0 Å². The molecule has 0 bridgehead atoms. The number of benzene rings is 1. The van der Waals surface area contributed by atoms with E-state index >= 15 is 0 Å². The van der Waals surface area contributed by atoms with E-state index in [1.807, 2.05) is 6.92 Å². The first-order chi connectivity index (χ1) is 8.04. The van der Waals surface area contributed by atoms with Gasteiger partial charge in [-0.05, 0) is 37.1 Å². The summed E-state index contributed by atoms with van der Waals surface area (Å²) < 4.78 is 4.50. The molecule has 0 N–H and O–H groups in total. The van der Waals surface area contributed by atoms with E-state index in [1.54, 1.807) is 18.2 Å². The first-order valence-electron chi connectivity index (χ1n) is 5.40. The van der Waals surface area contributed by atoms with Gasteiger partial charge in [0.05, 0.1) is 7.11 Å². The molecule has 0 heterocycles. The van der Waals surface area contributed by atoms with Crippen molar-refractivity contribution in [3.8, 4) is 0 Å². The fourth-order valence-electron chi connectivity index (χ4n) is 1.46. The number of methoxy groups -OCH3 is 1. The van der Waals surface area contributed by atoms with Crippen LogP contribution in [-0.4, -0.2) is 18.9 Å². The molecule has 0 fully saturated rings. The molecule has 0 radical (unpaired) electrons. The Hall–Kier alpha value is -1.35. The quantitative estimate of drug-likeness (QED) is 0.599. The molecule has 1 rings (SSSR count). The fraction of sp³-hybridized carbons (Fsp3) is 0.385. The van der Waals surface area contributed by atoms with Crippen molar-refractivity contribution in [2.45, 2.75) is 26.2 Å². The predicted molar refractivity (Wildman–Crippen MR) is 66.4 cm³/mol. The number of ether oxygens (including phenoxy) is 1. The van der Waals surface area contributed by atoms with Crippen molar-refractivity contribution < 1.29 is 14.3 Å². The molecule has 0 aliphatic carbocycles. The van der Waals surface area contributed by atoms with Gasteiger partial charge in [0.1, 0.15) is 0 Å². The molecule has 17 heavy (non-hydrogen) atoms. The maximum atomic E-state index is 11.8. The number of halogens is 1. The Morgan fingerprint density at radius 3 is 2.59 bits per heavy atom. The molecular formula is C13H15ClO3. The van der Waals surface area contributed by atoms with Gasteiger partial charge in [-0.25, -0.2) is 0 Å². The van der Waals surface area contributed by atoms with Gasteiger partial charge in [-0.3, -0.25) is 9.59 Å². The molecule has 0 saturated heterocycles. The van der Waals surface area contributed by atoms with E-state index in [-0.39, 0.29) is 18.2 Å². The van der Waals surface area contributed by atoms with Crippen molar-refractivity contribution in [1.82, 2.24) is 0 Å². The summed E-state index contributed by atoms with van der Waals surface area (Å²) >= 11 is 5.88. The molecule has 0 spiro atoms. The lowest BCUT2D eigenvalue weighted by Gasteiger charge is -2.03. The Kier molecular flexibility index (Phi) is 5.16. The van der Waals surface area contributed by atoms with E-state index < -0.39 is 0 Å². The van der Waals surface area contributed by atoms with Gasteiger partial charge < -0.3 is 4.74 Å². The molecule has 0 unspecified atom stereocenters. The summed E-state index contributed by atoms with van der Waals surface area (Å²) in [5, 5.41) is 0.649. The van der Waals surface area contributed by atoms with Crippen LogP contribution in [0.5, 0.6) is 0 Å². The molecule has 0 aliphatic heterocycles. The topological polar surface area (TPSA) is 43.4 Å². The monoisotopic (exact) mass is 254 g/mol. The smallest absolute Gasteiger partial charge is 0.305 e. The van der Waals surface area contributed by atoms with Crippen LogP contribution >= 0.6 is 11.6 Å². The van der Waals surface area contributed by atoms with Crippen molar-refractivity contribution >= 4 is 23.4 Å². The molecule has 0 aliphatic rings. The van der Waals surface area contributed by atoms with Crippen LogP contribution in [0.1, 0.15) is 35.2 Å². The van der Waals surface area contributed by atoms with E-state index in [0.29, 0.717) is 23.4 Å². The number of aryl methyl sites for hydroxylation is 1. The normalized spacial score (nSPS) is 10.1. The summed E-state index contributed by atoms with van der Waals surface area (Å²) in [5.41, 5.74) is 1.52. The van der Waals surface area contributed by atoms with E-state index in [2.05, 4.69) is 4.74 Å². The van der Waals surface area contributed by atoms with Gasteiger partial charge in [0.2, 0.25) is 0 Å². The number of hydrogen-bond acceptors (Lipinski definition) is 3. The highest BCUT2D eigenvalue weighted by Crippen LogP contribution is 2.17. The maximum absolute atomic E-state index is 11.8. The Labute approximate surface area is 106 Å². The van der Waals surface area contributed by atoms with Crippen LogP contribution in [0.25, 0.3) is 0 Å². The minimum Gasteiger partial charge on any atom is -0.469 e. The molecule has 0 aromatic heterocycles. The van der Waals surface area contributed by atoms with Crippen molar-refractivity contribution in [3.05, 3.63) is 34.3 Å². The number of carbonyl (C=O) groups excluding carboxylic acids is 2. The SMILES string of the molecule is COC(=O)CCCC(=O)c1ccc(Cl)c(C)c1. The third-order valence-corrected chi connectivity index (χ3v) is 2.92. The molecule has 1 aromatic carbocycles. The zero-order valence-corrected chi connectivity index (χ0v) is 10.7.